The zero-order valence-electron chi connectivity index (χ0n) is 28.9. The predicted octanol–water partition coefficient (Wildman–Crippen LogP) is 4.16. The monoisotopic (exact) mass is 692 g/mol. The Morgan fingerprint density at radius 1 is 0.939 bits per heavy atom. The Morgan fingerprint density at radius 2 is 1.59 bits per heavy atom. The van der Waals surface area contributed by atoms with E-state index >= 15 is 0 Å². The van der Waals surface area contributed by atoms with Crippen molar-refractivity contribution in [2.45, 2.75) is 96.5 Å². The van der Waals surface area contributed by atoms with Gasteiger partial charge in [0, 0.05) is 19.6 Å². The van der Waals surface area contributed by atoms with Crippen molar-refractivity contribution in [3.8, 4) is 5.75 Å². The number of carbonyl (C=O) groups is 2. The number of benzene rings is 3. The average Bonchev–Trinajstić information content (AvgIpc) is 3.05. The first kappa shape index (κ1) is 37.2. The third kappa shape index (κ3) is 10.2. The van der Waals surface area contributed by atoms with E-state index in [-0.39, 0.29) is 29.6 Å². The van der Waals surface area contributed by atoms with Crippen LogP contribution in [0.15, 0.2) is 64.5 Å². The van der Waals surface area contributed by atoms with Gasteiger partial charge >= 0.3 is 6.09 Å². The van der Waals surface area contributed by atoms with E-state index in [1.807, 2.05) is 75.4 Å². The van der Waals surface area contributed by atoms with E-state index in [0.29, 0.717) is 43.5 Å². The van der Waals surface area contributed by atoms with Crippen molar-refractivity contribution in [2.75, 3.05) is 6.54 Å². The van der Waals surface area contributed by atoms with E-state index < -0.39 is 28.1 Å². The number of hydrogen-bond donors (Lipinski definition) is 5. The SMILES string of the molecule is Cc1c(C)c(S(=O)(=O)NC(N)=NCCC[C@@H](NCc2ccc(CNC(=O)OCc3ccccc3)cc2)C(N)=O)c(C)c2c1OC(C)(C)CC2. The van der Waals surface area contributed by atoms with Crippen LogP contribution < -0.4 is 31.6 Å². The van der Waals surface area contributed by atoms with Crippen LogP contribution in [0.4, 0.5) is 4.79 Å². The number of guanidine groups is 1. The number of hydrogen-bond acceptors (Lipinski definition) is 8. The van der Waals surface area contributed by atoms with Gasteiger partial charge in [0.1, 0.15) is 18.0 Å². The summed E-state index contributed by atoms with van der Waals surface area (Å²) in [4.78, 5) is 28.5. The normalized spacial score (nSPS) is 14.7. The molecular formula is C36H48N6O6S. The van der Waals surface area contributed by atoms with Crippen molar-refractivity contribution in [3.05, 3.63) is 93.5 Å². The summed E-state index contributed by atoms with van der Waals surface area (Å²) in [5.74, 6) is 0.0236. The maximum atomic E-state index is 13.5. The lowest BCUT2D eigenvalue weighted by Crippen LogP contribution is -2.41. The zero-order valence-corrected chi connectivity index (χ0v) is 29.7. The van der Waals surface area contributed by atoms with Crippen LogP contribution in [0, 0.1) is 20.8 Å². The smallest absolute Gasteiger partial charge is 0.407 e. The Morgan fingerprint density at radius 3 is 2.24 bits per heavy atom. The molecule has 0 saturated heterocycles. The van der Waals surface area contributed by atoms with Crippen LogP contribution in [0.5, 0.6) is 5.75 Å². The topological polar surface area (TPSA) is 187 Å². The highest BCUT2D eigenvalue weighted by Gasteiger charge is 2.33. The largest absolute Gasteiger partial charge is 0.487 e. The molecular weight excluding hydrogens is 644 g/mol. The first-order valence-corrected chi connectivity index (χ1v) is 17.8. The van der Waals surface area contributed by atoms with Crippen LogP contribution >= 0.6 is 0 Å². The minimum atomic E-state index is -4.01. The molecule has 1 heterocycles. The molecule has 2 amide bonds. The summed E-state index contributed by atoms with van der Waals surface area (Å²) in [7, 11) is -4.01. The van der Waals surface area contributed by atoms with Crippen molar-refractivity contribution in [1.29, 1.82) is 0 Å². The second kappa shape index (κ2) is 16.2. The summed E-state index contributed by atoms with van der Waals surface area (Å²) in [6, 6.07) is 16.4. The lowest BCUT2D eigenvalue weighted by atomic mass is 9.88. The highest BCUT2D eigenvalue weighted by molar-refractivity contribution is 7.90. The van der Waals surface area contributed by atoms with Gasteiger partial charge in [0.15, 0.2) is 0 Å². The van der Waals surface area contributed by atoms with Gasteiger partial charge in [0.25, 0.3) is 10.0 Å². The molecule has 0 fully saturated rings. The van der Waals surface area contributed by atoms with E-state index in [0.717, 1.165) is 40.0 Å². The van der Waals surface area contributed by atoms with Crippen molar-refractivity contribution in [3.63, 3.8) is 0 Å². The quantitative estimate of drug-likeness (QED) is 0.0947. The molecule has 13 heteroatoms. The maximum Gasteiger partial charge on any atom is 0.407 e. The summed E-state index contributed by atoms with van der Waals surface area (Å²) < 4.78 is 40.8. The molecule has 3 aromatic rings. The molecule has 1 aliphatic rings. The molecule has 0 aromatic heterocycles. The average molecular weight is 693 g/mol. The Kier molecular flexibility index (Phi) is 12.3. The fourth-order valence-electron chi connectivity index (χ4n) is 5.78. The van der Waals surface area contributed by atoms with Gasteiger partial charge in [-0.05, 0) is 99.2 Å². The first-order chi connectivity index (χ1) is 23.2. The summed E-state index contributed by atoms with van der Waals surface area (Å²) in [6.07, 6.45) is 1.81. The molecule has 0 radical (unpaired) electrons. The number of primary amides is 1. The van der Waals surface area contributed by atoms with Gasteiger partial charge in [0.05, 0.1) is 10.9 Å². The second-order valence-electron chi connectivity index (χ2n) is 13.0. The van der Waals surface area contributed by atoms with E-state index in [2.05, 4.69) is 20.3 Å². The van der Waals surface area contributed by atoms with Gasteiger partial charge in [-0.1, -0.05) is 54.6 Å². The summed E-state index contributed by atoms with van der Waals surface area (Å²) in [6.45, 7) is 10.6. The third-order valence-corrected chi connectivity index (χ3v) is 10.3. The predicted molar refractivity (Wildman–Crippen MR) is 189 cm³/mol. The standard InChI is InChI=1S/C36H48N6O6S/c1-23-24(2)32(25(3)29-17-18-36(4,5)48-31(23)29)49(45,46)42-34(38)39-19-9-12-30(33(37)43)40-20-26-13-15-27(16-14-26)21-41-35(44)47-22-28-10-7-6-8-11-28/h6-8,10-11,13-16,30,40H,9,12,17-22H2,1-5H3,(H2,37,43)(H,41,44)(H3,38,39,42)/t30-/m1/s1. The van der Waals surface area contributed by atoms with Crippen molar-refractivity contribution < 1.29 is 27.5 Å². The maximum absolute atomic E-state index is 13.5. The van der Waals surface area contributed by atoms with E-state index in [9.17, 15) is 18.0 Å². The number of sulfonamides is 1. The zero-order chi connectivity index (χ0) is 35.8. The van der Waals surface area contributed by atoms with Gasteiger partial charge in [0.2, 0.25) is 11.9 Å². The molecule has 1 aliphatic heterocycles. The van der Waals surface area contributed by atoms with Crippen LogP contribution in [0.25, 0.3) is 0 Å². The van der Waals surface area contributed by atoms with Crippen molar-refractivity contribution in [2.24, 2.45) is 16.5 Å². The third-order valence-electron chi connectivity index (χ3n) is 8.68. The van der Waals surface area contributed by atoms with Crippen LogP contribution in [0.1, 0.15) is 72.1 Å². The number of alkyl carbamates (subject to hydrolysis) is 1. The number of aliphatic imine (C=N–C) groups is 1. The Balaban J connectivity index is 1.24. The summed E-state index contributed by atoms with van der Waals surface area (Å²) in [5, 5.41) is 5.90. The van der Waals surface area contributed by atoms with Crippen LogP contribution in [-0.2, 0) is 45.7 Å². The van der Waals surface area contributed by atoms with Crippen molar-refractivity contribution in [1.82, 2.24) is 15.4 Å². The number of fused-ring (bicyclic) bond motifs is 1. The van der Waals surface area contributed by atoms with Crippen LogP contribution in [-0.4, -0.2) is 44.6 Å². The summed E-state index contributed by atoms with van der Waals surface area (Å²) >= 11 is 0. The molecule has 0 aliphatic carbocycles. The minimum absolute atomic E-state index is 0.189. The Hall–Kier alpha value is -4.62. The molecule has 1 atom stereocenters. The molecule has 49 heavy (non-hydrogen) atoms. The molecule has 12 nitrogen and oxygen atoms in total. The molecule has 0 bridgehead atoms. The number of carbonyl (C=O) groups excluding carboxylic acids is 2. The number of nitrogens with two attached hydrogens (primary N) is 2. The van der Waals surface area contributed by atoms with Crippen molar-refractivity contribution >= 4 is 28.0 Å². The fraction of sp³-hybridized carbons (Fsp3) is 0.417. The first-order valence-electron chi connectivity index (χ1n) is 16.4. The van der Waals surface area contributed by atoms with Crippen LogP contribution in [0.2, 0.25) is 0 Å². The molecule has 4 rings (SSSR count). The number of nitrogens with one attached hydrogen (secondary N) is 3. The fourth-order valence-corrected chi connectivity index (χ4v) is 7.30. The highest BCUT2D eigenvalue weighted by Crippen LogP contribution is 2.42. The number of nitrogens with zero attached hydrogens (tertiary/aromatic N) is 1. The molecule has 264 valence electrons. The number of ether oxygens (including phenoxy) is 2. The van der Waals surface area contributed by atoms with Gasteiger partial charge in [-0.15, -0.1) is 0 Å². The number of rotatable bonds is 14. The number of amides is 2. The summed E-state index contributed by atoms with van der Waals surface area (Å²) in [5.41, 5.74) is 17.0. The van der Waals surface area contributed by atoms with Crippen LogP contribution in [0.3, 0.4) is 0 Å². The van der Waals surface area contributed by atoms with E-state index in [1.54, 1.807) is 13.8 Å². The molecule has 0 spiro atoms. The van der Waals surface area contributed by atoms with Gasteiger partial charge in [-0.3, -0.25) is 9.79 Å². The second-order valence-corrected chi connectivity index (χ2v) is 14.6. The molecule has 0 unspecified atom stereocenters. The van der Waals surface area contributed by atoms with Gasteiger partial charge < -0.3 is 31.6 Å². The van der Waals surface area contributed by atoms with Gasteiger partial charge in [-0.25, -0.2) is 17.9 Å². The highest BCUT2D eigenvalue weighted by atomic mass is 32.2. The Bertz CT molecular complexity index is 1780. The van der Waals surface area contributed by atoms with Gasteiger partial charge in [-0.2, -0.15) is 0 Å². The molecule has 0 saturated carbocycles. The van der Waals surface area contributed by atoms with E-state index in [4.69, 9.17) is 20.9 Å². The lowest BCUT2D eigenvalue weighted by Gasteiger charge is -2.35. The van der Waals surface area contributed by atoms with E-state index in [1.165, 1.54) is 0 Å². The molecule has 7 N–H and O–H groups in total. The minimum Gasteiger partial charge on any atom is -0.487 e. The molecule has 3 aromatic carbocycles. The Labute approximate surface area is 289 Å². The lowest BCUT2D eigenvalue weighted by molar-refractivity contribution is -0.120.